The van der Waals surface area contributed by atoms with Gasteiger partial charge in [0.25, 0.3) is 5.91 Å². The van der Waals surface area contributed by atoms with Crippen LogP contribution in [0.25, 0.3) is 0 Å². The maximum atomic E-state index is 12.9. The fourth-order valence-electron chi connectivity index (χ4n) is 3.81. The Morgan fingerprint density at radius 1 is 1.00 bits per heavy atom. The Balaban J connectivity index is 1.48. The number of carbonyl (C=O) groups is 3. The number of nitrogens with zero attached hydrogens (tertiary/aromatic N) is 2. The molecule has 0 saturated carbocycles. The first-order chi connectivity index (χ1) is 13.6. The highest BCUT2D eigenvalue weighted by Gasteiger charge is 2.45. The smallest absolute Gasteiger partial charge is 0.250 e. The van der Waals surface area contributed by atoms with Gasteiger partial charge in [0, 0.05) is 13.1 Å². The lowest BCUT2D eigenvalue weighted by Crippen LogP contribution is -2.67. The minimum Gasteiger partial charge on any atom is -0.339 e. The maximum Gasteiger partial charge on any atom is 0.250 e. The third kappa shape index (κ3) is 3.25. The molecule has 2 aromatic carbocycles. The SMILES string of the molecule is NC(C(=O)N1CCN2C(=O)C(c3ccccc3)NC(=O)C2C1)c1ccccc1. The fourth-order valence-corrected chi connectivity index (χ4v) is 3.81. The quantitative estimate of drug-likeness (QED) is 0.817. The van der Waals surface area contributed by atoms with Gasteiger partial charge >= 0.3 is 0 Å². The molecule has 2 aliphatic rings. The number of nitrogens with two attached hydrogens (primary N) is 1. The van der Waals surface area contributed by atoms with E-state index in [0.29, 0.717) is 13.1 Å². The molecule has 3 atom stereocenters. The van der Waals surface area contributed by atoms with Crippen LogP contribution in [0.1, 0.15) is 23.2 Å². The van der Waals surface area contributed by atoms with Crippen molar-refractivity contribution in [3.63, 3.8) is 0 Å². The van der Waals surface area contributed by atoms with Crippen molar-refractivity contribution in [3.8, 4) is 0 Å². The first-order valence-electron chi connectivity index (χ1n) is 9.31. The summed E-state index contributed by atoms with van der Waals surface area (Å²) in [6.45, 7) is 0.822. The topological polar surface area (TPSA) is 95.7 Å². The van der Waals surface area contributed by atoms with Gasteiger partial charge in [0.15, 0.2) is 0 Å². The molecule has 2 saturated heterocycles. The monoisotopic (exact) mass is 378 g/mol. The van der Waals surface area contributed by atoms with Crippen LogP contribution in [-0.2, 0) is 14.4 Å². The van der Waals surface area contributed by atoms with Gasteiger partial charge in [-0.25, -0.2) is 0 Å². The van der Waals surface area contributed by atoms with E-state index in [1.807, 2.05) is 48.5 Å². The zero-order chi connectivity index (χ0) is 19.7. The standard InChI is InChI=1S/C21H22N4O3/c22-17(14-7-3-1-4-8-14)20(27)24-11-12-25-16(13-24)19(26)23-18(21(25)28)15-9-5-2-6-10-15/h1-10,16-18H,11-13,22H2,(H,23,26). The maximum absolute atomic E-state index is 12.9. The lowest BCUT2D eigenvalue weighted by atomic mass is 9.98. The van der Waals surface area contributed by atoms with Crippen molar-refractivity contribution in [3.05, 3.63) is 71.8 Å². The molecule has 0 bridgehead atoms. The van der Waals surface area contributed by atoms with E-state index in [4.69, 9.17) is 5.73 Å². The summed E-state index contributed by atoms with van der Waals surface area (Å²) >= 11 is 0. The number of amides is 3. The third-order valence-corrected chi connectivity index (χ3v) is 5.37. The van der Waals surface area contributed by atoms with Gasteiger partial charge in [0.05, 0.1) is 6.54 Å². The van der Waals surface area contributed by atoms with Gasteiger partial charge < -0.3 is 20.9 Å². The predicted octanol–water partition coefficient (Wildman–Crippen LogP) is 0.597. The van der Waals surface area contributed by atoms with Crippen LogP contribution in [-0.4, -0.2) is 53.2 Å². The Labute approximate surface area is 163 Å². The zero-order valence-electron chi connectivity index (χ0n) is 15.3. The van der Waals surface area contributed by atoms with E-state index in [1.165, 1.54) is 0 Å². The van der Waals surface area contributed by atoms with Crippen LogP contribution in [0.4, 0.5) is 0 Å². The highest BCUT2D eigenvalue weighted by molar-refractivity contribution is 5.98. The largest absolute Gasteiger partial charge is 0.339 e. The first-order valence-corrected chi connectivity index (χ1v) is 9.31. The summed E-state index contributed by atoms with van der Waals surface area (Å²) in [7, 11) is 0. The van der Waals surface area contributed by atoms with Gasteiger partial charge in [-0.15, -0.1) is 0 Å². The number of fused-ring (bicyclic) bond motifs is 1. The summed E-state index contributed by atoms with van der Waals surface area (Å²) in [6.07, 6.45) is 0. The molecule has 0 aliphatic carbocycles. The normalized spacial score (nSPS) is 23.0. The molecule has 2 aromatic rings. The second-order valence-corrected chi connectivity index (χ2v) is 7.07. The number of nitrogens with one attached hydrogen (secondary N) is 1. The fraction of sp³-hybridized carbons (Fsp3) is 0.286. The molecule has 2 fully saturated rings. The molecule has 2 heterocycles. The molecule has 144 valence electrons. The molecule has 28 heavy (non-hydrogen) atoms. The molecular weight excluding hydrogens is 356 g/mol. The van der Waals surface area contributed by atoms with Crippen LogP contribution < -0.4 is 11.1 Å². The minimum absolute atomic E-state index is 0.143. The van der Waals surface area contributed by atoms with Crippen LogP contribution in [0.5, 0.6) is 0 Å². The minimum atomic E-state index is -0.785. The molecule has 7 nitrogen and oxygen atoms in total. The number of hydrogen-bond donors (Lipinski definition) is 2. The van der Waals surface area contributed by atoms with Crippen molar-refractivity contribution in [2.75, 3.05) is 19.6 Å². The van der Waals surface area contributed by atoms with Gasteiger partial charge in [-0.3, -0.25) is 14.4 Å². The van der Waals surface area contributed by atoms with Crippen LogP contribution in [0.2, 0.25) is 0 Å². The highest BCUT2D eigenvalue weighted by atomic mass is 16.2. The number of carbonyl (C=O) groups excluding carboxylic acids is 3. The van der Waals surface area contributed by atoms with Gasteiger partial charge in [-0.05, 0) is 11.1 Å². The second kappa shape index (κ2) is 7.44. The van der Waals surface area contributed by atoms with Crippen LogP contribution in [0, 0.1) is 0 Å². The molecule has 0 aromatic heterocycles. The van der Waals surface area contributed by atoms with E-state index in [0.717, 1.165) is 11.1 Å². The van der Waals surface area contributed by atoms with Crippen molar-refractivity contribution in [1.29, 1.82) is 0 Å². The van der Waals surface area contributed by atoms with E-state index in [-0.39, 0.29) is 24.3 Å². The van der Waals surface area contributed by atoms with E-state index in [1.54, 1.807) is 21.9 Å². The second-order valence-electron chi connectivity index (χ2n) is 7.07. The first kappa shape index (κ1) is 18.2. The number of hydrogen-bond acceptors (Lipinski definition) is 4. The summed E-state index contributed by atoms with van der Waals surface area (Å²) in [5.41, 5.74) is 7.60. The van der Waals surface area contributed by atoms with Crippen LogP contribution in [0.15, 0.2) is 60.7 Å². The van der Waals surface area contributed by atoms with Crippen molar-refractivity contribution in [2.45, 2.75) is 18.1 Å². The summed E-state index contributed by atoms with van der Waals surface area (Å²) in [5, 5.41) is 2.80. The molecular formula is C21H22N4O3. The Kier molecular flexibility index (Phi) is 4.83. The molecule has 4 rings (SSSR count). The van der Waals surface area contributed by atoms with Crippen molar-refractivity contribution < 1.29 is 14.4 Å². The molecule has 0 spiro atoms. The Morgan fingerprint density at radius 2 is 1.64 bits per heavy atom. The van der Waals surface area contributed by atoms with E-state index < -0.39 is 18.1 Å². The van der Waals surface area contributed by atoms with E-state index in [2.05, 4.69) is 5.32 Å². The summed E-state index contributed by atoms with van der Waals surface area (Å²) in [4.78, 5) is 41.6. The number of rotatable bonds is 3. The molecule has 7 heteroatoms. The van der Waals surface area contributed by atoms with E-state index in [9.17, 15) is 14.4 Å². The zero-order valence-corrected chi connectivity index (χ0v) is 15.3. The number of benzene rings is 2. The summed E-state index contributed by atoms with van der Waals surface area (Å²) in [5.74, 6) is -0.634. The summed E-state index contributed by atoms with van der Waals surface area (Å²) in [6, 6.07) is 16.2. The molecule has 3 unspecified atom stereocenters. The predicted molar refractivity (Wildman–Crippen MR) is 103 cm³/mol. The van der Waals surface area contributed by atoms with Crippen molar-refractivity contribution >= 4 is 17.7 Å². The average Bonchev–Trinajstić information content (AvgIpc) is 2.76. The molecule has 0 radical (unpaired) electrons. The Bertz CT molecular complexity index is 887. The third-order valence-electron chi connectivity index (χ3n) is 5.37. The summed E-state index contributed by atoms with van der Waals surface area (Å²) < 4.78 is 0. The van der Waals surface area contributed by atoms with E-state index >= 15 is 0 Å². The molecule has 2 aliphatic heterocycles. The lowest BCUT2D eigenvalue weighted by Gasteiger charge is -2.45. The van der Waals surface area contributed by atoms with Gasteiger partial charge in [-0.2, -0.15) is 0 Å². The Morgan fingerprint density at radius 3 is 2.32 bits per heavy atom. The van der Waals surface area contributed by atoms with Crippen molar-refractivity contribution in [2.24, 2.45) is 5.73 Å². The van der Waals surface area contributed by atoms with Crippen molar-refractivity contribution in [1.82, 2.24) is 15.1 Å². The highest BCUT2D eigenvalue weighted by Crippen LogP contribution is 2.25. The van der Waals surface area contributed by atoms with Crippen LogP contribution in [0.3, 0.4) is 0 Å². The van der Waals surface area contributed by atoms with Crippen LogP contribution >= 0.6 is 0 Å². The molecule has 3 amide bonds. The Hall–Kier alpha value is -3.19. The van der Waals surface area contributed by atoms with Gasteiger partial charge in [0.1, 0.15) is 18.1 Å². The average molecular weight is 378 g/mol. The lowest BCUT2D eigenvalue weighted by molar-refractivity contribution is -0.156. The van der Waals surface area contributed by atoms with Gasteiger partial charge in [0.2, 0.25) is 11.8 Å². The molecule has 3 N–H and O–H groups in total. The van der Waals surface area contributed by atoms with Gasteiger partial charge in [-0.1, -0.05) is 60.7 Å². The number of piperazine rings is 2.